The van der Waals surface area contributed by atoms with E-state index in [0.717, 1.165) is 0 Å². The summed E-state index contributed by atoms with van der Waals surface area (Å²) in [6.07, 6.45) is 2.90. The van der Waals surface area contributed by atoms with Crippen molar-refractivity contribution in [1.82, 2.24) is 0 Å². The van der Waals surface area contributed by atoms with Crippen molar-refractivity contribution in [3.63, 3.8) is 0 Å². The van der Waals surface area contributed by atoms with Crippen molar-refractivity contribution in [2.24, 2.45) is 5.73 Å². The second-order valence-electron chi connectivity index (χ2n) is 4.40. The number of halogens is 2. The average Bonchev–Trinajstić information content (AvgIpc) is 2.48. The quantitative estimate of drug-likeness (QED) is 0.836. The molecule has 4 nitrogen and oxygen atoms in total. The number of nitrogens with two attached hydrogens (primary N) is 1. The average molecular weight is 335 g/mol. The second-order valence-corrected chi connectivity index (χ2v) is 5.24. The van der Waals surface area contributed by atoms with Crippen molar-refractivity contribution in [2.45, 2.75) is 0 Å². The highest BCUT2D eigenvalue weighted by molar-refractivity contribution is 6.32. The van der Waals surface area contributed by atoms with Crippen LogP contribution in [0.15, 0.2) is 48.5 Å². The zero-order valence-electron chi connectivity index (χ0n) is 11.3. The third kappa shape index (κ3) is 4.10. The number of hydrogen-bond donors (Lipinski definition) is 2. The predicted molar refractivity (Wildman–Crippen MR) is 89.1 cm³/mol. The summed E-state index contributed by atoms with van der Waals surface area (Å²) in [5, 5.41) is 3.48. The molecule has 0 bridgehead atoms. The summed E-state index contributed by atoms with van der Waals surface area (Å²) >= 11 is 11.8. The van der Waals surface area contributed by atoms with E-state index in [1.807, 2.05) is 6.07 Å². The van der Waals surface area contributed by atoms with Gasteiger partial charge in [0.25, 0.3) is 5.91 Å². The molecule has 0 atom stereocenters. The smallest absolute Gasteiger partial charge is 0.250 e. The number of anilines is 1. The van der Waals surface area contributed by atoms with Gasteiger partial charge in [0.2, 0.25) is 5.91 Å². The molecule has 2 rings (SSSR count). The summed E-state index contributed by atoms with van der Waals surface area (Å²) in [5.41, 5.74) is 6.42. The molecule has 0 aliphatic rings. The Balaban J connectivity index is 2.16. The minimum absolute atomic E-state index is 0.145. The van der Waals surface area contributed by atoms with Crippen LogP contribution in [0.5, 0.6) is 0 Å². The molecule has 0 unspecified atom stereocenters. The van der Waals surface area contributed by atoms with E-state index in [0.29, 0.717) is 21.3 Å². The van der Waals surface area contributed by atoms with Gasteiger partial charge in [0, 0.05) is 16.1 Å². The Morgan fingerprint density at radius 1 is 1.09 bits per heavy atom. The van der Waals surface area contributed by atoms with Crippen molar-refractivity contribution in [1.29, 1.82) is 0 Å². The Bertz CT molecular complexity index is 758. The molecule has 3 N–H and O–H groups in total. The summed E-state index contributed by atoms with van der Waals surface area (Å²) in [6.45, 7) is 0. The van der Waals surface area contributed by atoms with Gasteiger partial charge < -0.3 is 11.1 Å². The van der Waals surface area contributed by atoms with Crippen LogP contribution in [-0.2, 0) is 4.79 Å². The molecule has 6 heteroatoms. The fourth-order valence-corrected chi connectivity index (χ4v) is 2.15. The highest BCUT2D eigenvalue weighted by Gasteiger charge is 2.10. The van der Waals surface area contributed by atoms with Crippen LogP contribution in [0.3, 0.4) is 0 Å². The van der Waals surface area contributed by atoms with E-state index in [4.69, 9.17) is 28.9 Å². The predicted octanol–water partition coefficient (Wildman–Crippen LogP) is 3.74. The van der Waals surface area contributed by atoms with Crippen molar-refractivity contribution >= 4 is 46.8 Å². The van der Waals surface area contributed by atoms with Gasteiger partial charge in [-0.25, -0.2) is 0 Å². The normalized spacial score (nSPS) is 10.6. The molecule has 0 spiro atoms. The summed E-state index contributed by atoms with van der Waals surface area (Å²) in [5.74, 6) is -1.09. The molecule has 0 saturated heterocycles. The minimum Gasteiger partial charge on any atom is -0.366 e. The highest BCUT2D eigenvalue weighted by atomic mass is 35.5. The van der Waals surface area contributed by atoms with Gasteiger partial charge in [-0.3, -0.25) is 9.59 Å². The number of carbonyl (C=O) groups excluding carboxylic acids is 2. The molecule has 2 amide bonds. The van der Waals surface area contributed by atoms with Gasteiger partial charge in [0.1, 0.15) is 0 Å². The van der Waals surface area contributed by atoms with E-state index in [1.165, 1.54) is 18.2 Å². The number of nitrogens with one attached hydrogen (secondary N) is 1. The van der Waals surface area contributed by atoms with Crippen LogP contribution in [-0.4, -0.2) is 11.8 Å². The Morgan fingerprint density at radius 2 is 1.82 bits per heavy atom. The molecule has 0 aliphatic heterocycles. The van der Waals surface area contributed by atoms with Crippen molar-refractivity contribution in [2.75, 3.05) is 5.32 Å². The second kappa shape index (κ2) is 7.11. The SMILES string of the molecule is NC(=O)c1cc(Cl)ccc1NC(=O)/C=C/c1ccccc1Cl. The Labute approximate surface area is 137 Å². The lowest BCUT2D eigenvalue weighted by Crippen LogP contribution is -2.16. The van der Waals surface area contributed by atoms with E-state index < -0.39 is 11.8 Å². The molecule has 0 saturated carbocycles. The largest absolute Gasteiger partial charge is 0.366 e. The van der Waals surface area contributed by atoms with Crippen molar-refractivity contribution < 1.29 is 9.59 Å². The zero-order chi connectivity index (χ0) is 16.1. The lowest BCUT2D eigenvalue weighted by atomic mass is 10.1. The van der Waals surface area contributed by atoms with Crippen molar-refractivity contribution in [3.8, 4) is 0 Å². The van der Waals surface area contributed by atoms with Gasteiger partial charge in [-0.2, -0.15) is 0 Å². The minimum atomic E-state index is -0.673. The molecule has 0 aliphatic carbocycles. The van der Waals surface area contributed by atoms with E-state index in [9.17, 15) is 9.59 Å². The fraction of sp³-hybridized carbons (Fsp3) is 0. The van der Waals surface area contributed by atoms with E-state index in [-0.39, 0.29) is 5.56 Å². The third-order valence-electron chi connectivity index (χ3n) is 2.82. The number of primary amides is 1. The Hall–Kier alpha value is -2.30. The molecule has 112 valence electrons. The van der Waals surface area contributed by atoms with Crippen molar-refractivity contribution in [3.05, 3.63) is 69.7 Å². The first-order chi connectivity index (χ1) is 10.5. The summed E-state index contributed by atoms with van der Waals surface area (Å²) in [4.78, 5) is 23.3. The van der Waals surface area contributed by atoms with Gasteiger partial charge in [0.05, 0.1) is 11.3 Å². The summed E-state index contributed by atoms with van der Waals surface area (Å²) in [6, 6.07) is 11.6. The topological polar surface area (TPSA) is 72.2 Å². The zero-order valence-corrected chi connectivity index (χ0v) is 12.9. The van der Waals surface area contributed by atoms with E-state index in [1.54, 1.807) is 30.3 Å². The lowest BCUT2D eigenvalue weighted by molar-refractivity contribution is -0.111. The van der Waals surface area contributed by atoms with E-state index >= 15 is 0 Å². The molecular weight excluding hydrogens is 323 g/mol. The highest BCUT2D eigenvalue weighted by Crippen LogP contribution is 2.21. The number of carbonyl (C=O) groups is 2. The number of rotatable bonds is 4. The van der Waals surface area contributed by atoms with Crippen LogP contribution in [0.25, 0.3) is 6.08 Å². The molecule has 2 aromatic carbocycles. The monoisotopic (exact) mass is 334 g/mol. The van der Waals surface area contributed by atoms with Gasteiger partial charge >= 0.3 is 0 Å². The van der Waals surface area contributed by atoms with Gasteiger partial charge in [0.15, 0.2) is 0 Å². The third-order valence-corrected chi connectivity index (χ3v) is 3.40. The van der Waals surface area contributed by atoms with Crippen LogP contribution in [0, 0.1) is 0 Å². The first kappa shape index (κ1) is 16.1. The molecule has 0 aromatic heterocycles. The Kier molecular flexibility index (Phi) is 5.20. The first-order valence-corrected chi connectivity index (χ1v) is 7.06. The molecular formula is C16H12Cl2N2O2. The van der Waals surface area contributed by atoms with Crippen LogP contribution < -0.4 is 11.1 Å². The van der Waals surface area contributed by atoms with Gasteiger partial charge in [-0.05, 0) is 35.9 Å². The van der Waals surface area contributed by atoms with Crippen LogP contribution in [0.2, 0.25) is 10.0 Å². The van der Waals surface area contributed by atoms with Crippen LogP contribution in [0.4, 0.5) is 5.69 Å². The van der Waals surface area contributed by atoms with Gasteiger partial charge in [-0.15, -0.1) is 0 Å². The lowest BCUT2D eigenvalue weighted by Gasteiger charge is -2.07. The number of hydrogen-bond acceptors (Lipinski definition) is 2. The maximum atomic E-state index is 11.9. The fourth-order valence-electron chi connectivity index (χ4n) is 1.78. The summed E-state index contributed by atoms with van der Waals surface area (Å²) in [7, 11) is 0. The molecule has 0 radical (unpaired) electrons. The maximum Gasteiger partial charge on any atom is 0.250 e. The van der Waals surface area contributed by atoms with Crippen LogP contribution >= 0.6 is 23.2 Å². The first-order valence-electron chi connectivity index (χ1n) is 6.30. The van der Waals surface area contributed by atoms with E-state index in [2.05, 4.69) is 5.32 Å². The van der Waals surface area contributed by atoms with Crippen LogP contribution in [0.1, 0.15) is 15.9 Å². The van der Waals surface area contributed by atoms with Gasteiger partial charge in [-0.1, -0.05) is 41.4 Å². The Morgan fingerprint density at radius 3 is 2.50 bits per heavy atom. The maximum absolute atomic E-state index is 11.9. The molecule has 2 aromatic rings. The number of amides is 2. The number of benzene rings is 2. The standard InChI is InChI=1S/C16H12Cl2N2O2/c17-11-6-7-14(12(9-11)16(19)22)20-15(21)8-5-10-3-1-2-4-13(10)18/h1-9H,(H2,19,22)(H,20,21)/b8-5+. The molecule has 0 heterocycles. The molecule has 22 heavy (non-hydrogen) atoms. The molecule has 0 fully saturated rings. The summed E-state index contributed by atoms with van der Waals surface area (Å²) < 4.78 is 0.